The highest BCUT2D eigenvalue weighted by Gasteiger charge is 2.40. The Bertz CT molecular complexity index is 1230. The Morgan fingerprint density at radius 2 is 1.71 bits per heavy atom. The number of benzene rings is 1. The number of hydrogen-bond acceptors (Lipinski definition) is 6. The average molecular weight is 576 g/mol. The molecule has 228 valence electrons. The van der Waals surface area contributed by atoms with Gasteiger partial charge in [0.25, 0.3) is 0 Å². The summed E-state index contributed by atoms with van der Waals surface area (Å²) in [6.45, 7) is 15.3. The van der Waals surface area contributed by atoms with Crippen molar-refractivity contribution in [1.29, 1.82) is 0 Å². The maximum atomic E-state index is 10.9. The highest BCUT2D eigenvalue weighted by molar-refractivity contribution is 5.67. The molecule has 0 unspecified atom stereocenters. The summed E-state index contributed by atoms with van der Waals surface area (Å²) in [5, 5.41) is 8.98. The molecule has 2 N–H and O–H groups in total. The second-order valence-electron chi connectivity index (χ2n) is 13.0. The van der Waals surface area contributed by atoms with Gasteiger partial charge in [0, 0.05) is 57.4 Å². The van der Waals surface area contributed by atoms with E-state index in [1.807, 2.05) is 24.5 Å². The van der Waals surface area contributed by atoms with E-state index in [9.17, 15) is 4.79 Å². The van der Waals surface area contributed by atoms with Crippen LogP contribution in [0.3, 0.4) is 0 Å². The molecular formula is C33H49N7O2. The molecule has 2 aromatic heterocycles. The van der Waals surface area contributed by atoms with Crippen molar-refractivity contribution < 1.29 is 9.90 Å². The summed E-state index contributed by atoms with van der Waals surface area (Å²) in [5.41, 5.74) is 2.79. The summed E-state index contributed by atoms with van der Waals surface area (Å²) < 4.78 is 2.32. The molecule has 0 radical (unpaired) electrons. The molecule has 0 amide bonds. The molecule has 0 aliphatic carbocycles. The molecule has 2 saturated heterocycles. The lowest BCUT2D eigenvalue weighted by Gasteiger charge is -2.40. The third-order valence-electron chi connectivity index (χ3n) is 9.08. The Balaban J connectivity index is 1.12. The van der Waals surface area contributed by atoms with Crippen molar-refractivity contribution in [3.8, 4) is 0 Å². The molecule has 0 bridgehead atoms. The second kappa shape index (κ2) is 14.4. The summed E-state index contributed by atoms with van der Waals surface area (Å²) in [6, 6.07) is 8.30. The maximum Gasteiger partial charge on any atom is 0.303 e. The zero-order valence-corrected chi connectivity index (χ0v) is 25.5. The first-order valence-electron chi connectivity index (χ1n) is 15.8. The SMILES string of the molecule is CC(C)CN1CCC2(CC1)CCN(CCCn1ccnc1CN(Cc1ccc(CCC(=O)O)cc1)Cc1ncc[nH]1)C2. The minimum Gasteiger partial charge on any atom is -0.481 e. The summed E-state index contributed by atoms with van der Waals surface area (Å²) in [4.78, 5) is 31.1. The number of aromatic nitrogens is 4. The molecule has 42 heavy (non-hydrogen) atoms. The predicted octanol–water partition coefficient (Wildman–Crippen LogP) is 4.66. The minimum absolute atomic E-state index is 0.155. The number of aryl methyl sites for hydroxylation is 2. The van der Waals surface area contributed by atoms with Gasteiger partial charge in [-0.05, 0) is 80.7 Å². The van der Waals surface area contributed by atoms with Crippen LogP contribution in [0.15, 0.2) is 49.1 Å². The van der Waals surface area contributed by atoms with Gasteiger partial charge in [0.15, 0.2) is 0 Å². The molecule has 2 aliphatic rings. The first-order valence-corrected chi connectivity index (χ1v) is 15.8. The van der Waals surface area contributed by atoms with Crippen LogP contribution in [0.2, 0.25) is 0 Å². The second-order valence-corrected chi connectivity index (χ2v) is 13.0. The van der Waals surface area contributed by atoms with Crippen molar-refractivity contribution >= 4 is 5.97 Å². The third kappa shape index (κ3) is 8.75. The number of piperidine rings is 1. The number of rotatable bonds is 15. The van der Waals surface area contributed by atoms with Crippen LogP contribution in [0.1, 0.15) is 68.7 Å². The van der Waals surface area contributed by atoms with Crippen molar-refractivity contribution in [3.05, 3.63) is 71.8 Å². The van der Waals surface area contributed by atoms with E-state index in [-0.39, 0.29) is 6.42 Å². The van der Waals surface area contributed by atoms with Crippen molar-refractivity contribution in [2.24, 2.45) is 11.3 Å². The Morgan fingerprint density at radius 1 is 0.976 bits per heavy atom. The van der Waals surface area contributed by atoms with Crippen LogP contribution in [0, 0.1) is 11.3 Å². The zero-order chi connectivity index (χ0) is 29.4. The molecule has 3 aromatic rings. The monoisotopic (exact) mass is 575 g/mol. The Hall–Kier alpha value is -3.01. The Labute approximate surface area is 251 Å². The molecule has 1 spiro atoms. The molecule has 1 aromatic carbocycles. The van der Waals surface area contributed by atoms with Gasteiger partial charge < -0.3 is 24.5 Å². The highest BCUT2D eigenvalue weighted by Crippen LogP contribution is 2.40. The van der Waals surface area contributed by atoms with E-state index in [2.05, 4.69) is 61.4 Å². The van der Waals surface area contributed by atoms with Crippen LogP contribution in [0.5, 0.6) is 0 Å². The van der Waals surface area contributed by atoms with Crippen LogP contribution in [-0.2, 0) is 37.4 Å². The van der Waals surface area contributed by atoms with Crippen LogP contribution in [0.25, 0.3) is 0 Å². The topological polar surface area (TPSA) is 93.5 Å². The summed E-state index contributed by atoms with van der Waals surface area (Å²) in [6.07, 6.45) is 13.6. The van der Waals surface area contributed by atoms with E-state index in [1.54, 1.807) is 6.20 Å². The van der Waals surface area contributed by atoms with E-state index >= 15 is 0 Å². The molecule has 2 fully saturated rings. The molecule has 0 saturated carbocycles. The van der Waals surface area contributed by atoms with Crippen molar-refractivity contribution in [1.82, 2.24) is 34.2 Å². The van der Waals surface area contributed by atoms with Gasteiger partial charge in [-0.1, -0.05) is 38.1 Å². The number of H-pyrrole nitrogens is 1. The lowest BCUT2D eigenvalue weighted by atomic mass is 9.77. The number of carboxylic acid groups (broad SMARTS) is 1. The molecule has 2 aliphatic heterocycles. The molecule has 5 rings (SSSR count). The number of hydrogen-bond donors (Lipinski definition) is 2. The Kier molecular flexibility index (Phi) is 10.5. The highest BCUT2D eigenvalue weighted by atomic mass is 16.4. The number of likely N-dealkylation sites (tertiary alicyclic amines) is 2. The van der Waals surface area contributed by atoms with Gasteiger partial charge in [0.2, 0.25) is 0 Å². The van der Waals surface area contributed by atoms with E-state index in [1.165, 1.54) is 57.5 Å². The normalized spacial score (nSPS) is 17.6. The standard InChI is InChI=1S/C33H49N7O2/c1-27(2)22-37-18-10-33(11-19-37)12-20-38(26-33)16-3-17-40-21-15-36-31(40)25-39(24-30-34-13-14-35-30)23-29-6-4-28(5-7-29)8-9-32(41)42/h4-7,13-15,21,27H,3,8-12,16-20,22-26H2,1-2H3,(H,34,35)(H,41,42). The first kappa shape index (κ1) is 30.4. The number of nitrogens with one attached hydrogen (secondary N) is 1. The Morgan fingerprint density at radius 3 is 2.40 bits per heavy atom. The molecule has 9 heteroatoms. The van der Waals surface area contributed by atoms with Crippen LogP contribution >= 0.6 is 0 Å². The quantitative estimate of drug-likeness (QED) is 0.272. The number of imidazole rings is 2. The molecule has 0 atom stereocenters. The van der Waals surface area contributed by atoms with Gasteiger partial charge in [-0.25, -0.2) is 9.97 Å². The maximum absolute atomic E-state index is 10.9. The van der Waals surface area contributed by atoms with Crippen LogP contribution < -0.4 is 0 Å². The van der Waals surface area contributed by atoms with Gasteiger partial charge in [-0.3, -0.25) is 9.69 Å². The largest absolute Gasteiger partial charge is 0.481 e. The fourth-order valence-corrected chi connectivity index (χ4v) is 6.80. The van der Waals surface area contributed by atoms with Crippen LogP contribution in [-0.4, -0.2) is 84.6 Å². The van der Waals surface area contributed by atoms with E-state index in [0.29, 0.717) is 18.4 Å². The number of nitrogens with zero attached hydrogens (tertiary/aromatic N) is 6. The molecular weight excluding hydrogens is 526 g/mol. The average Bonchev–Trinajstić information content (AvgIpc) is 3.72. The van der Waals surface area contributed by atoms with Gasteiger partial charge in [0.05, 0.1) is 13.1 Å². The van der Waals surface area contributed by atoms with Gasteiger partial charge in [0.1, 0.15) is 11.6 Å². The van der Waals surface area contributed by atoms with E-state index in [4.69, 9.17) is 10.1 Å². The summed E-state index contributed by atoms with van der Waals surface area (Å²) in [5.74, 6) is 2.01. The minimum atomic E-state index is -0.763. The van der Waals surface area contributed by atoms with Crippen LogP contribution in [0.4, 0.5) is 0 Å². The van der Waals surface area contributed by atoms with Gasteiger partial charge >= 0.3 is 5.97 Å². The fourth-order valence-electron chi connectivity index (χ4n) is 6.80. The first-order chi connectivity index (χ1) is 20.4. The fraction of sp³-hybridized carbons (Fsp3) is 0.606. The van der Waals surface area contributed by atoms with Crippen molar-refractivity contribution in [3.63, 3.8) is 0 Å². The van der Waals surface area contributed by atoms with Crippen molar-refractivity contribution in [2.45, 2.75) is 78.6 Å². The number of carbonyl (C=O) groups is 1. The molecule has 4 heterocycles. The van der Waals surface area contributed by atoms with E-state index in [0.717, 1.165) is 55.7 Å². The zero-order valence-electron chi connectivity index (χ0n) is 25.5. The summed E-state index contributed by atoms with van der Waals surface area (Å²) >= 11 is 0. The number of carboxylic acids is 1. The predicted molar refractivity (Wildman–Crippen MR) is 165 cm³/mol. The third-order valence-corrected chi connectivity index (χ3v) is 9.08. The smallest absolute Gasteiger partial charge is 0.303 e. The van der Waals surface area contributed by atoms with Gasteiger partial charge in [-0.15, -0.1) is 0 Å². The number of aromatic amines is 1. The lowest BCUT2D eigenvalue weighted by molar-refractivity contribution is -0.136. The van der Waals surface area contributed by atoms with E-state index < -0.39 is 5.97 Å². The molecule has 9 nitrogen and oxygen atoms in total. The van der Waals surface area contributed by atoms with Gasteiger partial charge in [-0.2, -0.15) is 0 Å². The van der Waals surface area contributed by atoms with Crippen molar-refractivity contribution in [2.75, 3.05) is 39.3 Å². The lowest BCUT2D eigenvalue weighted by Crippen LogP contribution is -2.42. The summed E-state index contributed by atoms with van der Waals surface area (Å²) in [7, 11) is 0. The number of aliphatic carboxylic acids is 1.